The summed E-state index contributed by atoms with van der Waals surface area (Å²) in [4.78, 5) is 6.14. The van der Waals surface area contributed by atoms with Crippen molar-refractivity contribution < 1.29 is 8.91 Å². The topological polar surface area (TPSA) is 68.2 Å². The average molecular weight is 262 g/mol. The lowest BCUT2D eigenvalue weighted by atomic mass is 10.1. The van der Waals surface area contributed by atoms with Crippen LogP contribution in [-0.4, -0.2) is 23.2 Å². The number of halogens is 1. The highest BCUT2D eigenvalue weighted by Gasteiger charge is 2.17. The maximum Gasteiger partial charge on any atom is 0.240 e. The minimum Gasteiger partial charge on any atom is -0.369 e. The molecule has 1 aliphatic heterocycles. The van der Waals surface area contributed by atoms with Crippen LogP contribution < -0.4 is 10.6 Å². The van der Waals surface area contributed by atoms with Crippen LogP contribution in [0.15, 0.2) is 22.7 Å². The molecule has 0 radical (unpaired) electrons. The number of aromatic nitrogens is 2. The van der Waals surface area contributed by atoms with Crippen molar-refractivity contribution in [3.05, 3.63) is 29.9 Å². The molecule has 0 amide bonds. The molecule has 0 atom stereocenters. The maximum atomic E-state index is 14.1. The first-order chi connectivity index (χ1) is 9.28. The molecular formula is C13H15FN4O. The molecule has 3 rings (SSSR count). The predicted octanol–water partition coefficient (Wildman–Crippen LogP) is 1.93. The van der Waals surface area contributed by atoms with Gasteiger partial charge >= 0.3 is 0 Å². The van der Waals surface area contributed by atoms with Crippen LogP contribution in [-0.2, 0) is 6.54 Å². The minimum atomic E-state index is -0.251. The molecule has 0 bridgehead atoms. The van der Waals surface area contributed by atoms with Crippen LogP contribution in [0.5, 0.6) is 0 Å². The largest absolute Gasteiger partial charge is 0.369 e. The van der Waals surface area contributed by atoms with Crippen LogP contribution in [0, 0.1) is 5.82 Å². The molecule has 1 aliphatic rings. The third-order valence-electron chi connectivity index (χ3n) is 3.30. The van der Waals surface area contributed by atoms with Crippen molar-refractivity contribution >= 4 is 5.69 Å². The highest BCUT2D eigenvalue weighted by atomic mass is 19.1. The van der Waals surface area contributed by atoms with E-state index in [1.54, 1.807) is 6.07 Å². The fourth-order valence-corrected chi connectivity index (χ4v) is 2.32. The van der Waals surface area contributed by atoms with Crippen molar-refractivity contribution in [1.82, 2.24) is 10.1 Å². The zero-order valence-corrected chi connectivity index (χ0v) is 10.5. The van der Waals surface area contributed by atoms with Gasteiger partial charge in [-0.25, -0.2) is 4.39 Å². The van der Waals surface area contributed by atoms with Gasteiger partial charge in [0.05, 0.1) is 12.2 Å². The highest BCUT2D eigenvalue weighted by Crippen LogP contribution is 2.27. The maximum absolute atomic E-state index is 14.1. The van der Waals surface area contributed by atoms with E-state index in [-0.39, 0.29) is 12.4 Å². The van der Waals surface area contributed by atoms with Crippen LogP contribution in [0.4, 0.5) is 10.1 Å². The molecule has 0 aliphatic carbocycles. The van der Waals surface area contributed by atoms with E-state index in [2.05, 4.69) is 15.0 Å². The Morgan fingerprint density at radius 1 is 1.32 bits per heavy atom. The number of benzene rings is 1. The summed E-state index contributed by atoms with van der Waals surface area (Å²) in [5, 5.41) is 3.78. The molecule has 0 saturated carbocycles. The standard InChI is InChI=1S/C13H15FN4O/c14-10-7-9(13-16-12(8-15)19-17-13)3-4-11(10)18-5-1-2-6-18/h3-4,7H,1-2,5-6,8,15H2. The van der Waals surface area contributed by atoms with Gasteiger partial charge in [-0.3, -0.25) is 0 Å². The second-order valence-electron chi connectivity index (χ2n) is 4.58. The number of anilines is 1. The lowest BCUT2D eigenvalue weighted by Gasteiger charge is -2.18. The first-order valence-electron chi connectivity index (χ1n) is 6.35. The van der Waals surface area contributed by atoms with Gasteiger partial charge in [-0.2, -0.15) is 4.98 Å². The van der Waals surface area contributed by atoms with E-state index >= 15 is 0 Å². The normalized spacial score (nSPS) is 15.2. The molecule has 2 heterocycles. The van der Waals surface area contributed by atoms with Crippen molar-refractivity contribution in [3.8, 4) is 11.4 Å². The van der Waals surface area contributed by atoms with Gasteiger partial charge in [0.15, 0.2) is 0 Å². The van der Waals surface area contributed by atoms with E-state index < -0.39 is 0 Å². The van der Waals surface area contributed by atoms with Crippen LogP contribution in [0.25, 0.3) is 11.4 Å². The van der Waals surface area contributed by atoms with Gasteiger partial charge in [0.25, 0.3) is 0 Å². The summed E-state index contributed by atoms with van der Waals surface area (Å²) in [6.07, 6.45) is 2.23. The Morgan fingerprint density at radius 3 is 2.74 bits per heavy atom. The SMILES string of the molecule is NCc1nc(-c2ccc(N3CCCC3)c(F)c2)no1. The lowest BCUT2D eigenvalue weighted by molar-refractivity contribution is 0.380. The zero-order chi connectivity index (χ0) is 13.2. The molecule has 2 N–H and O–H groups in total. The minimum absolute atomic E-state index is 0.182. The quantitative estimate of drug-likeness (QED) is 0.915. The van der Waals surface area contributed by atoms with Gasteiger partial charge in [0, 0.05) is 18.7 Å². The molecule has 2 aromatic rings. The van der Waals surface area contributed by atoms with Gasteiger partial charge in [0.1, 0.15) is 5.82 Å². The van der Waals surface area contributed by atoms with Crippen molar-refractivity contribution in [2.45, 2.75) is 19.4 Å². The van der Waals surface area contributed by atoms with E-state index in [0.717, 1.165) is 25.9 Å². The third kappa shape index (κ3) is 2.31. The number of nitrogens with two attached hydrogens (primary N) is 1. The molecule has 1 fully saturated rings. The third-order valence-corrected chi connectivity index (χ3v) is 3.30. The second kappa shape index (κ2) is 4.97. The molecule has 6 heteroatoms. The Bertz CT molecular complexity index is 578. The number of rotatable bonds is 3. The summed E-state index contributed by atoms with van der Waals surface area (Å²) >= 11 is 0. The molecule has 19 heavy (non-hydrogen) atoms. The fraction of sp³-hybridized carbons (Fsp3) is 0.385. The Balaban J connectivity index is 1.90. The number of hydrogen-bond acceptors (Lipinski definition) is 5. The van der Waals surface area contributed by atoms with E-state index in [4.69, 9.17) is 10.3 Å². The Morgan fingerprint density at radius 2 is 2.11 bits per heavy atom. The summed E-state index contributed by atoms with van der Waals surface area (Å²) in [6, 6.07) is 5.02. The molecule has 1 aromatic carbocycles. The molecule has 0 unspecified atom stereocenters. The van der Waals surface area contributed by atoms with Gasteiger partial charge in [-0.15, -0.1) is 0 Å². The van der Waals surface area contributed by atoms with Crippen LogP contribution in [0.1, 0.15) is 18.7 Å². The number of nitrogens with zero attached hydrogens (tertiary/aromatic N) is 3. The Labute approximate surface area is 110 Å². The predicted molar refractivity (Wildman–Crippen MR) is 69.0 cm³/mol. The summed E-state index contributed by atoms with van der Waals surface area (Å²) in [5.74, 6) is 0.463. The lowest BCUT2D eigenvalue weighted by Crippen LogP contribution is -2.18. The van der Waals surface area contributed by atoms with E-state index in [0.29, 0.717) is 23.0 Å². The second-order valence-corrected chi connectivity index (χ2v) is 4.58. The van der Waals surface area contributed by atoms with Crippen molar-refractivity contribution in [2.75, 3.05) is 18.0 Å². The first-order valence-corrected chi connectivity index (χ1v) is 6.35. The molecule has 0 spiro atoms. The molecule has 100 valence electrons. The highest BCUT2D eigenvalue weighted by molar-refractivity contribution is 5.61. The fourth-order valence-electron chi connectivity index (χ4n) is 2.32. The summed E-state index contributed by atoms with van der Waals surface area (Å²) in [5.41, 5.74) is 6.64. The Kier molecular flexibility index (Phi) is 3.16. The van der Waals surface area contributed by atoms with Crippen LogP contribution >= 0.6 is 0 Å². The summed E-state index contributed by atoms with van der Waals surface area (Å²) < 4.78 is 19.0. The zero-order valence-electron chi connectivity index (χ0n) is 10.5. The average Bonchev–Trinajstić information content (AvgIpc) is 3.10. The van der Waals surface area contributed by atoms with Gasteiger partial charge < -0.3 is 15.2 Å². The van der Waals surface area contributed by atoms with Crippen LogP contribution in [0.2, 0.25) is 0 Å². The smallest absolute Gasteiger partial charge is 0.240 e. The summed E-state index contributed by atoms with van der Waals surface area (Å²) in [6.45, 7) is 2.01. The Hall–Kier alpha value is -1.95. The summed E-state index contributed by atoms with van der Waals surface area (Å²) in [7, 11) is 0. The van der Waals surface area contributed by atoms with Crippen molar-refractivity contribution in [2.24, 2.45) is 5.73 Å². The molecule has 1 saturated heterocycles. The van der Waals surface area contributed by atoms with Crippen molar-refractivity contribution in [3.63, 3.8) is 0 Å². The molecular weight excluding hydrogens is 247 g/mol. The van der Waals surface area contributed by atoms with E-state index in [9.17, 15) is 4.39 Å². The van der Waals surface area contributed by atoms with Gasteiger partial charge in [0.2, 0.25) is 11.7 Å². The van der Waals surface area contributed by atoms with Crippen LogP contribution in [0.3, 0.4) is 0 Å². The van der Waals surface area contributed by atoms with Gasteiger partial charge in [-0.05, 0) is 31.0 Å². The van der Waals surface area contributed by atoms with Gasteiger partial charge in [-0.1, -0.05) is 5.16 Å². The van der Waals surface area contributed by atoms with Crippen molar-refractivity contribution in [1.29, 1.82) is 0 Å². The molecule has 5 nitrogen and oxygen atoms in total. The number of hydrogen-bond donors (Lipinski definition) is 1. The van der Waals surface area contributed by atoms with E-state index in [1.165, 1.54) is 6.07 Å². The molecule has 1 aromatic heterocycles. The first kappa shape index (κ1) is 12.1. The van der Waals surface area contributed by atoms with E-state index in [1.807, 2.05) is 6.07 Å². The monoisotopic (exact) mass is 262 g/mol.